The Labute approximate surface area is 106 Å². The summed E-state index contributed by atoms with van der Waals surface area (Å²) in [6, 6.07) is 0.0259. The van der Waals surface area contributed by atoms with Crippen LogP contribution >= 0.6 is 0 Å². The minimum absolute atomic E-state index is 0.0259. The lowest BCUT2D eigenvalue weighted by atomic mass is 9.86. The maximum absolute atomic E-state index is 10.8. The van der Waals surface area contributed by atoms with Crippen LogP contribution in [0.15, 0.2) is 0 Å². The van der Waals surface area contributed by atoms with Gasteiger partial charge in [0, 0.05) is 12.6 Å². The predicted molar refractivity (Wildman–Crippen MR) is 72.2 cm³/mol. The molecule has 0 heterocycles. The Kier molecular flexibility index (Phi) is 7.44. The van der Waals surface area contributed by atoms with Gasteiger partial charge in [-0.05, 0) is 18.8 Å². The van der Waals surface area contributed by atoms with E-state index in [1.807, 2.05) is 6.92 Å². The van der Waals surface area contributed by atoms with Gasteiger partial charge < -0.3 is 10.4 Å². The number of hydrogen-bond acceptors (Lipinski definition) is 2. The van der Waals surface area contributed by atoms with E-state index in [0.29, 0.717) is 0 Å². The van der Waals surface area contributed by atoms with Crippen LogP contribution in [0.2, 0.25) is 0 Å². The first kappa shape index (κ1) is 16.4. The van der Waals surface area contributed by atoms with Crippen molar-refractivity contribution in [2.45, 2.75) is 66.3 Å². The van der Waals surface area contributed by atoms with Gasteiger partial charge in [-0.3, -0.25) is 4.79 Å². The van der Waals surface area contributed by atoms with E-state index in [0.717, 1.165) is 6.54 Å². The summed E-state index contributed by atoms with van der Waals surface area (Å²) in [5.41, 5.74) is 0.252. The zero-order chi connectivity index (χ0) is 13.5. The minimum atomic E-state index is -0.728. The van der Waals surface area contributed by atoms with Crippen molar-refractivity contribution < 1.29 is 9.90 Å². The quantitative estimate of drug-likeness (QED) is 0.611. The fourth-order valence-electron chi connectivity index (χ4n) is 1.77. The second-order valence-electron chi connectivity index (χ2n) is 5.92. The summed E-state index contributed by atoms with van der Waals surface area (Å²) in [7, 11) is 0. The van der Waals surface area contributed by atoms with E-state index in [-0.39, 0.29) is 17.4 Å². The van der Waals surface area contributed by atoms with Crippen LogP contribution in [0.5, 0.6) is 0 Å². The SMILES string of the molecule is CCCCCC(C)(C)CNC(C)C(C)C(=O)O. The molecule has 0 aromatic heterocycles. The molecule has 0 amide bonds. The fourth-order valence-corrected chi connectivity index (χ4v) is 1.77. The molecule has 0 spiro atoms. The van der Waals surface area contributed by atoms with Crippen molar-refractivity contribution in [2.24, 2.45) is 11.3 Å². The van der Waals surface area contributed by atoms with E-state index >= 15 is 0 Å². The normalized spacial score (nSPS) is 15.6. The summed E-state index contributed by atoms with van der Waals surface area (Å²) in [5.74, 6) is -1.06. The van der Waals surface area contributed by atoms with Gasteiger partial charge in [-0.2, -0.15) is 0 Å². The fraction of sp³-hybridized carbons (Fsp3) is 0.929. The van der Waals surface area contributed by atoms with Crippen LogP contribution in [0.1, 0.15) is 60.3 Å². The number of aliphatic carboxylic acids is 1. The number of nitrogens with one attached hydrogen (secondary N) is 1. The van der Waals surface area contributed by atoms with Crippen molar-refractivity contribution in [3.8, 4) is 0 Å². The molecule has 0 aliphatic heterocycles. The Bertz CT molecular complexity index is 226. The van der Waals surface area contributed by atoms with Gasteiger partial charge in [0.15, 0.2) is 0 Å². The lowest BCUT2D eigenvalue weighted by molar-refractivity contribution is -0.142. The molecule has 0 aromatic rings. The van der Waals surface area contributed by atoms with Crippen LogP contribution in [0.4, 0.5) is 0 Å². The summed E-state index contributed by atoms with van der Waals surface area (Å²) in [4.78, 5) is 10.8. The molecular formula is C14H29NO2. The van der Waals surface area contributed by atoms with Crippen molar-refractivity contribution in [1.29, 1.82) is 0 Å². The molecule has 17 heavy (non-hydrogen) atoms. The zero-order valence-corrected chi connectivity index (χ0v) is 12.0. The summed E-state index contributed by atoms with van der Waals surface area (Å²) in [6.07, 6.45) is 4.98. The number of carboxylic acid groups (broad SMARTS) is 1. The van der Waals surface area contributed by atoms with E-state index in [9.17, 15) is 4.79 Å². The highest BCUT2D eigenvalue weighted by atomic mass is 16.4. The number of unbranched alkanes of at least 4 members (excludes halogenated alkanes) is 2. The smallest absolute Gasteiger partial charge is 0.307 e. The van der Waals surface area contributed by atoms with Crippen LogP contribution in [0, 0.1) is 11.3 Å². The van der Waals surface area contributed by atoms with Gasteiger partial charge in [0.1, 0.15) is 0 Å². The maximum Gasteiger partial charge on any atom is 0.307 e. The van der Waals surface area contributed by atoms with Crippen LogP contribution in [0.25, 0.3) is 0 Å². The summed E-state index contributed by atoms with van der Waals surface area (Å²) in [6.45, 7) is 11.3. The zero-order valence-electron chi connectivity index (χ0n) is 12.0. The average molecular weight is 243 g/mol. The molecule has 2 atom stereocenters. The van der Waals surface area contributed by atoms with Crippen LogP contribution in [-0.4, -0.2) is 23.7 Å². The highest BCUT2D eigenvalue weighted by Crippen LogP contribution is 2.23. The Morgan fingerprint density at radius 3 is 2.35 bits per heavy atom. The maximum atomic E-state index is 10.8. The molecule has 2 N–H and O–H groups in total. The van der Waals surface area contributed by atoms with Gasteiger partial charge in [0.2, 0.25) is 0 Å². The van der Waals surface area contributed by atoms with Crippen LogP contribution in [0.3, 0.4) is 0 Å². The molecule has 0 aliphatic rings. The molecule has 2 unspecified atom stereocenters. The van der Waals surface area contributed by atoms with Gasteiger partial charge in [0.25, 0.3) is 0 Å². The topological polar surface area (TPSA) is 49.3 Å². The molecule has 0 aromatic carbocycles. The number of carbonyl (C=O) groups is 1. The predicted octanol–water partition coefficient (Wildman–Crippen LogP) is 3.29. The highest BCUT2D eigenvalue weighted by Gasteiger charge is 2.22. The second kappa shape index (κ2) is 7.70. The van der Waals surface area contributed by atoms with Crippen molar-refractivity contribution >= 4 is 5.97 Å². The summed E-state index contributed by atoms with van der Waals surface area (Å²) >= 11 is 0. The Morgan fingerprint density at radius 2 is 1.88 bits per heavy atom. The highest BCUT2D eigenvalue weighted by molar-refractivity contribution is 5.70. The molecule has 0 rings (SSSR count). The van der Waals surface area contributed by atoms with Crippen molar-refractivity contribution in [3.05, 3.63) is 0 Å². The first-order valence-corrected chi connectivity index (χ1v) is 6.76. The average Bonchev–Trinajstić information content (AvgIpc) is 2.25. The molecular weight excluding hydrogens is 214 g/mol. The third-order valence-corrected chi connectivity index (χ3v) is 3.50. The van der Waals surface area contributed by atoms with Crippen molar-refractivity contribution in [1.82, 2.24) is 5.32 Å². The lowest BCUT2D eigenvalue weighted by Crippen LogP contribution is -2.41. The molecule has 0 aliphatic carbocycles. The van der Waals surface area contributed by atoms with Gasteiger partial charge in [0.05, 0.1) is 5.92 Å². The van der Waals surface area contributed by atoms with Crippen molar-refractivity contribution in [3.63, 3.8) is 0 Å². The lowest BCUT2D eigenvalue weighted by Gasteiger charge is -2.28. The number of rotatable bonds is 9. The molecule has 102 valence electrons. The summed E-state index contributed by atoms with van der Waals surface area (Å²) in [5, 5.41) is 12.3. The Balaban J connectivity index is 3.95. The van der Waals surface area contributed by atoms with E-state index in [1.165, 1.54) is 25.7 Å². The van der Waals surface area contributed by atoms with Gasteiger partial charge >= 0.3 is 5.97 Å². The third kappa shape index (κ3) is 7.37. The van der Waals surface area contributed by atoms with Crippen LogP contribution < -0.4 is 5.32 Å². The molecule has 0 fully saturated rings. The first-order valence-electron chi connectivity index (χ1n) is 6.76. The largest absolute Gasteiger partial charge is 0.481 e. The van der Waals surface area contributed by atoms with Crippen molar-refractivity contribution in [2.75, 3.05) is 6.54 Å². The molecule has 0 radical (unpaired) electrons. The number of hydrogen-bond donors (Lipinski definition) is 2. The van der Waals surface area contributed by atoms with Gasteiger partial charge in [-0.25, -0.2) is 0 Å². The first-order chi connectivity index (χ1) is 7.80. The third-order valence-electron chi connectivity index (χ3n) is 3.50. The standard InChI is InChI=1S/C14H29NO2/c1-6-7-8-9-14(4,5)10-15-12(3)11(2)13(16)17/h11-12,15H,6-10H2,1-5H3,(H,16,17). The van der Waals surface area contributed by atoms with E-state index in [1.54, 1.807) is 6.92 Å². The van der Waals surface area contributed by atoms with Gasteiger partial charge in [-0.1, -0.05) is 47.0 Å². The molecule has 3 heteroatoms. The second-order valence-corrected chi connectivity index (χ2v) is 5.92. The monoisotopic (exact) mass is 243 g/mol. The molecule has 0 saturated heterocycles. The number of carboxylic acids is 1. The van der Waals surface area contributed by atoms with E-state index in [4.69, 9.17) is 5.11 Å². The summed E-state index contributed by atoms with van der Waals surface area (Å²) < 4.78 is 0. The minimum Gasteiger partial charge on any atom is -0.481 e. The molecule has 3 nitrogen and oxygen atoms in total. The molecule has 0 bridgehead atoms. The molecule has 0 saturated carbocycles. The van der Waals surface area contributed by atoms with E-state index in [2.05, 4.69) is 26.1 Å². The Morgan fingerprint density at radius 1 is 1.29 bits per heavy atom. The van der Waals surface area contributed by atoms with Gasteiger partial charge in [-0.15, -0.1) is 0 Å². The van der Waals surface area contributed by atoms with E-state index < -0.39 is 5.97 Å². The van der Waals surface area contributed by atoms with Crippen LogP contribution in [-0.2, 0) is 4.79 Å². The Hall–Kier alpha value is -0.570.